The van der Waals surface area contributed by atoms with Crippen LogP contribution in [-0.2, 0) is 12.2 Å². The van der Waals surface area contributed by atoms with Gasteiger partial charge in [0.1, 0.15) is 5.82 Å². The summed E-state index contributed by atoms with van der Waals surface area (Å²) in [4.78, 5) is 32.3. The van der Waals surface area contributed by atoms with E-state index >= 15 is 0 Å². The molecule has 160 valence electrons. The smallest absolute Gasteiger partial charge is 0.269 e. The Hall–Kier alpha value is -3.66. The number of nitro groups is 1. The molecular formula is C22H16FN5O3S. The summed E-state index contributed by atoms with van der Waals surface area (Å²) in [5, 5.41) is 15.8. The number of hydrogen-bond acceptors (Lipinski definition) is 7. The number of rotatable bonds is 5. The van der Waals surface area contributed by atoms with Crippen molar-refractivity contribution in [1.29, 1.82) is 0 Å². The van der Waals surface area contributed by atoms with Crippen LogP contribution < -0.4 is 0 Å². The van der Waals surface area contributed by atoms with Gasteiger partial charge in [-0.1, -0.05) is 36.0 Å². The average Bonchev–Trinajstić information content (AvgIpc) is 3.19. The molecule has 5 rings (SSSR count). The molecule has 0 aliphatic heterocycles. The van der Waals surface area contributed by atoms with Crippen molar-refractivity contribution >= 4 is 29.0 Å². The molecule has 0 saturated heterocycles. The van der Waals surface area contributed by atoms with Gasteiger partial charge < -0.3 is 0 Å². The van der Waals surface area contributed by atoms with Crippen molar-refractivity contribution in [2.75, 3.05) is 0 Å². The molecule has 1 aliphatic carbocycles. The van der Waals surface area contributed by atoms with Crippen molar-refractivity contribution in [3.05, 3.63) is 93.0 Å². The Bertz CT molecular complexity index is 1360. The van der Waals surface area contributed by atoms with Crippen LogP contribution in [0.3, 0.4) is 0 Å². The summed E-state index contributed by atoms with van der Waals surface area (Å²) in [5.74, 6) is 0.448. The average molecular weight is 449 g/mol. The Morgan fingerprint density at radius 3 is 2.75 bits per heavy atom. The summed E-state index contributed by atoms with van der Waals surface area (Å²) in [6, 6.07) is 12.6. The second-order valence-electron chi connectivity index (χ2n) is 7.54. The third-order valence-electron chi connectivity index (χ3n) is 5.39. The zero-order valence-electron chi connectivity index (χ0n) is 16.6. The van der Waals surface area contributed by atoms with Gasteiger partial charge in [0.15, 0.2) is 5.78 Å². The number of carbonyl (C=O) groups excluding carboxylic acids is 1. The SMILES string of the molecule is O=C1C[C@H](c2ccc(F)cc2)Cc2nc3nc(SCc4cccc([N+](=O)[O-])c4)nn3cc21. The summed E-state index contributed by atoms with van der Waals surface area (Å²) >= 11 is 1.34. The largest absolute Gasteiger partial charge is 0.294 e. The molecule has 10 heteroatoms. The molecule has 0 bridgehead atoms. The molecule has 0 fully saturated rings. The summed E-state index contributed by atoms with van der Waals surface area (Å²) in [5.41, 5.74) is 2.91. The highest BCUT2D eigenvalue weighted by molar-refractivity contribution is 7.98. The number of Topliss-reactive ketones (excluding diaryl/α,β-unsaturated/α-hetero) is 1. The molecule has 2 heterocycles. The van der Waals surface area contributed by atoms with E-state index in [9.17, 15) is 19.3 Å². The second kappa shape index (κ2) is 8.12. The van der Waals surface area contributed by atoms with Crippen LogP contribution in [0, 0.1) is 15.9 Å². The molecule has 1 aliphatic rings. The fraction of sp³-hybridized carbons (Fsp3) is 0.182. The van der Waals surface area contributed by atoms with Crippen LogP contribution in [0.2, 0.25) is 0 Å². The van der Waals surface area contributed by atoms with Gasteiger partial charge in [-0.25, -0.2) is 13.9 Å². The highest BCUT2D eigenvalue weighted by Crippen LogP contribution is 2.32. The lowest BCUT2D eigenvalue weighted by molar-refractivity contribution is -0.384. The lowest BCUT2D eigenvalue weighted by atomic mass is 9.82. The van der Waals surface area contributed by atoms with Gasteiger partial charge in [0, 0.05) is 30.5 Å². The summed E-state index contributed by atoms with van der Waals surface area (Å²) in [7, 11) is 0. The number of nitrogens with zero attached hydrogens (tertiary/aromatic N) is 5. The first-order chi connectivity index (χ1) is 15.5. The fourth-order valence-corrected chi connectivity index (χ4v) is 4.57. The van der Waals surface area contributed by atoms with Crippen LogP contribution in [0.15, 0.2) is 59.9 Å². The van der Waals surface area contributed by atoms with Gasteiger partial charge in [-0.2, -0.15) is 4.98 Å². The molecule has 0 saturated carbocycles. The van der Waals surface area contributed by atoms with Gasteiger partial charge in [0.05, 0.1) is 16.2 Å². The first kappa shape index (κ1) is 20.3. The molecule has 0 radical (unpaired) electrons. The molecule has 0 N–H and O–H groups in total. The Morgan fingerprint density at radius 2 is 1.97 bits per heavy atom. The molecule has 1 atom stereocenters. The number of thioether (sulfide) groups is 1. The van der Waals surface area contributed by atoms with Gasteiger partial charge in [0.2, 0.25) is 5.16 Å². The number of halogens is 1. The molecule has 0 amide bonds. The topological polar surface area (TPSA) is 103 Å². The number of carbonyl (C=O) groups is 1. The highest BCUT2D eigenvalue weighted by Gasteiger charge is 2.28. The third kappa shape index (κ3) is 3.96. The van der Waals surface area contributed by atoms with Crippen molar-refractivity contribution in [2.24, 2.45) is 0 Å². The number of non-ortho nitro benzene ring substituents is 1. The van der Waals surface area contributed by atoms with Crippen molar-refractivity contribution in [3.63, 3.8) is 0 Å². The predicted octanol–water partition coefficient (Wildman–Crippen LogP) is 4.38. The van der Waals surface area contributed by atoms with E-state index in [1.807, 2.05) is 0 Å². The number of fused-ring (bicyclic) bond motifs is 2. The van der Waals surface area contributed by atoms with E-state index in [1.54, 1.807) is 30.5 Å². The van der Waals surface area contributed by atoms with E-state index in [1.165, 1.54) is 40.5 Å². The number of nitro benzene ring substituents is 1. The molecule has 4 aromatic rings. The van der Waals surface area contributed by atoms with Crippen LogP contribution in [0.5, 0.6) is 0 Å². The number of ketones is 1. The van der Waals surface area contributed by atoms with Gasteiger partial charge in [-0.05, 0) is 35.6 Å². The van der Waals surface area contributed by atoms with Crippen molar-refractivity contribution in [1.82, 2.24) is 19.6 Å². The molecule has 0 unspecified atom stereocenters. The van der Waals surface area contributed by atoms with Crippen LogP contribution >= 0.6 is 11.8 Å². The Labute approximate surface area is 185 Å². The molecular weight excluding hydrogens is 433 g/mol. The number of hydrogen-bond donors (Lipinski definition) is 0. The molecule has 2 aromatic heterocycles. The van der Waals surface area contributed by atoms with Crippen molar-refractivity contribution < 1.29 is 14.1 Å². The zero-order valence-corrected chi connectivity index (χ0v) is 17.5. The summed E-state index contributed by atoms with van der Waals surface area (Å²) < 4.78 is 14.7. The van der Waals surface area contributed by atoms with E-state index in [0.717, 1.165) is 11.1 Å². The first-order valence-electron chi connectivity index (χ1n) is 9.87. The maximum absolute atomic E-state index is 13.2. The summed E-state index contributed by atoms with van der Waals surface area (Å²) in [6.07, 6.45) is 2.55. The number of benzene rings is 2. The Kier molecular flexibility index (Phi) is 5.14. The van der Waals surface area contributed by atoms with E-state index < -0.39 is 4.92 Å². The number of aromatic nitrogens is 4. The van der Waals surface area contributed by atoms with Crippen LogP contribution in [0.4, 0.5) is 10.1 Å². The Morgan fingerprint density at radius 1 is 1.16 bits per heavy atom. The molecule has 0 spiro atoms. The molecule has 32 heavy (non-hydrogen) atoms. The minimum absolute atomic E-state index is 0.0312. The van der Waals surface area contributed by atoms with Crippen LogP contribution in [-0.4, -0.2) is 30.3 Å². The van der Waals surface area contributed by atoms with Crippen molar-refractivity contribution in [2.45, 2.75) is 29.7 Å². The maximum Gasteiger partial charge on any atom is 0.269 e. The van der Waals surface area contributed by atoms with Crippen LogP contribution in [0.25, 0.3) is 5.78 Å². The monoisotopic (exact) mass is 449 g/mol. The van der Waals surface area contributed by atoms with Gasteiger partial charge in [-0.15, -0.1) is 5.10 Å². The van der Waals surface area contributed by atoms with E-state index in [0.29, 0.717) is 40.8 Å². The molecule has 2 aromatic carbocycles. The van der Waals surface area contributed by atoms with Gasteiger partial charge >= 0.3 is 0 Å². The minimum Gasteiger partial charge on any atom is -0.294 e. The Balaban J connectivity index is 1.38. The van der Waals surface area contributed by atoms with Gasteiger partial charge in [0.25, 0.3) is 11.5 Å². The van der Waals surface area contributed by atoms with Crippen LogP contribution in [0.1, 0.15) is 39.5 Å². The normalized spacial score (nSPS) is 15.7. The third-order valence-corrected chi connectivity index (χ3v) is 6.30. The predicted molar refractivity (Wildman–Crippen MR) is 115 cm³/mol. The quantitative estimate of drug-likeness (QED) is 0.253. The standard InChI is InChI=1S/C22H16FN5O3S/c23-16-6-4-14(5-7-16)15-9-19-18(20(29)10-15)11-27-21(24-19)25-22(26-27)32-12-13-2-1-3-17(8-13)28(30)31/h1-8,11,15H,9-10,12H2/t15-/m1/s1. The maximum atomic E-state index is 13.2. The summed E-state index contributed by atoms with van der Waals surface area (Å²) in [6.45, 7) is 0. The van der Waals surface area contributed by atoms with E-state index in [-0.39, 0.29) is 23.2 Å². The second-order valence-corrected chi connectivity index (χ2v) is 8.48. The first-order valence-corrected chi connectivity index (χ1v) is 10.9. The van der Waals surface area contributed by atoms with Gasteiger partial charge in [-0.3, -0.25) is 14.9 Å². The highest BCUT2D eigenvalue weighted by atomic mass is 32.2. The fourth-order valence-electron chi connectivity index (χ4n) is 3.80. The van der Waals surface area contributed by atoms with E-state index in [4.69, 9.17) is 0 Å². The molecule has 8 nitrogen and oxygen atoms in total. The zero-order chi connectivity index (χ0) is 22.2. The lowest BCUT2D eigenvalue weighted by Gasteiger charge is -2.23. The van der Waals surface area contributed by atoms with E-state index in [2.05, 4.69) is 15.1 Å². The minimum atomic E-state index is -0.429. The van der Waals surface area contributed by atoms with Crippen molar-refractivity contribution in [3.8, 4) is 0 Å². The lowest BCUT2D eigenvalue weighted by Crippen LogP contribution is -2.21.